The minimum atomic E-state index is -0.427. The zero-order chi connectivity index (χ0) is 15.0. The van der Waals surface area contributed by atoms with Gasteiger partial charge >= 0.3 is 5.97 Å². The first-order chi connectivity index (χ1) is 10.1. The van der Waals surface area contributed by atoms with Crippen molar-refractivity contribution in [2.24, 2.45) is 0 Å². The van der Waals surface area contributed by atoms with Crippen LogP contribution >= 0.6 is 22.6 Å². The van der Waals surface area contributed by atoms with Gasteiger partial charge < -0.3 is 9.72 Å². The van der Waals surface area contributed by atoms with Crippen molar-refractivity contribution in [2.45, 2.75) is 6.92 Å². The number of pyridine rings is 1. The Morgan fingerprint density at radius 1 is 1.24 bits per heavy atom. The number of carbonyl (C=O) groups is 1. The van der Waals surface area contributed by atoms with Crippen LogP contribution in [-0.2, 0) is 4.74 Å². The summed E-state index contributed by atoms with van der Waals surface area (Å²) in [6, 6.07) is 10.7. The third-order valence-electron chi connectivity index (χ3n) is 3.29. The van der Waals surface area contributed by atoms with Crippen molar-refractivity contribution >= 4 is 50.4 Å². The SMILES string of the molecule is CCOC(=O)c1cccc2c(=O)c3cc(I)ccc3[nH]c12. The average molecular weight is 393 g/mol. The monoisotopic (exact) mass is 393 g/mol. The molecular formula is C16H12INO3. The smallest absolute Gasteiger partial charge is 0.340 e. The number of para-hydroxylation sites is 1. The maximum absolute atomic E-state index is 12.6. The summed E-state index contributed by atoms with van der Waals surface area (Å²) in [5.74, 6) is -0.427. The molecule has 1 heterocycles. The number of aromatic amines is 1. The molecule has 0 saturated carbocycles. The predicted molar refractivity (Wildman–Crippen MR) is 90.7 cm³/mol. The maximum atomic E-state index is 12.6. The van der Waals surface area contributed by atoms with Crippen LogP contribution in [0.25, 0.3) is 21.8 Å². The number of rotatable bonds is 2. The largest absolute Gasteiger partial charge is 0.462 e. The molecule has 0 aliphatic carbocycles. The van der Waals surface area contributed by atoms with E-state index in [0.29, 0.717) is 34.0 Å². The fraction of sp³-hybridized carbons (Fsp3) is 0.125. The summed E-state index contributed by atoms with van der Waals surface area (Å²) in [5.41, 5.74) is 1.54. The number of hydrogen-bond donors (Lipinski definition) is 1. The van der Waals surface area contributed by atoms with Gasteiger partial charge in [0.25, 0.3) is 0 Å². The van der Waals surface area contributed by atoms with Crippen LogP contribution in [0.3, 0.4) is 0 Å². The van der Waals surface area contributed by atoms with Gasteiger partial charge in [0.15, 0.2) is 5.43 Å². The van der Waals surface area contributed by atoms with Crippen molar-refractivity contribution in [1.82, 2.24) is 4.98 Å². The molecular weight excluding hydrogens is 381 g/mol. The minimum absolute atomic E-state index is 0.0802. The van der Waals surface area contributed by atoms with Gasteiger partial charge in [0.05, 0.1) is 17.7 Å². The maximum Gasteiger partial charge on any atom is 0.340 e. The summed E-state index contributed by atoms with van der Waals surface area (Å²) in [6.07, 6.45) is 0. The topological polar surface area (TPSA) is 59.2 Å². The highest BCUT2D eigenvalue weighted by molar-refractivity contribution is 14.1. The molecule has 0 radical (unpaired) electrons. The summed E-state index contributed by atoms with van der Waals surface area (Å²) in [7, 11) is 0. The van der Waals surface area contributed by atoms with Gasteiger partial charge in [0.2, 0.25) is 0 Å². The molecule has 21 heavy (non-hydrogen) atoms. The Hall–Kier alpha value is -1.89. The number of aromatic nitrogens is 1. The Kier molecular flexibility index (Phi) is 3.67. The molecule has 0 spiro atoms. The standard InChI is InChI=1S/C16H12INO3/c1-2-21-16(20)11-5-3-4-10-14(11)18-13-7-6-9(17)8-12(13)15(10)19/h3-8H,2H2,1H3,(H,18,19). The molecule has 106 valence electrons. The van der Waals surface area contributed by atoms with Gasteiger partial charge in [0, 0.05) is 19.9 Å². The van der Waals surface area contributed by atoms with Crippen molar-refractivity contribution in [1.29, 1.82) is 0 Å². The molecule has 0 saturated heterocycles. The average Bonchev–Trinajstić information content (AvgIpc) is 2.48. The van der Waals surface area contributed by atoms with Crippen LogP contribution in [-0.4, -0.2) is 17.6 Å². The predicted octanol–water partition coefficient (Wildman–Crippen LogP) is 3.46. The Labute approximate surface area is 134 Å². The quantitative estimate of drug-likeness (QED) is 0.412. The third kappa shape index (κ3) is 2.42. The molecule has 0 amide bonds. The van der Waals surface area contributed by atoms with E-state index in [2.05, 4.69) is 27.6 Å². The fourth-order valence-corrected chi connectivity index (χ4v) is 2.84. The summed E-state index contributed by atoms with van der Waals surface area (Å²) >= 11 is 2.17. The van der Waals surface area contributed by atoms with Gasteiger partial charge in [-0.05, 0) is 59.8 Å². The highest BCUT2D eigenvalue weighted by atomic mass is 127. The normalized spacial score (nSPS) is 11.0. The molecule has 0 aliphatic rings. The molecule has 0 bridgehead atoms. The van der Waals surface area contributed by atoms with E-state index in [4.69, 9.17) is 4.74 Å². The summed E-state index contributed by atoms with van der Waals surface area (Å²) in [4.78, 5) is 27.8. The van der Waals surface area contributed by atoms with Crippen LogP contribution in [0, 0.1) is 3.57 Å². The van der Waals surface area contributed by atoms with Crippen molar-refractivity contribution in [2.75, 3.05) is 6.61 Å². The first-order valence-corrected chi connectivity index (χ1v) is 7.61. The lowest BCUT2D eigenvalue weighted by Crippen LogP contribution is -2.10. The lowest BCUT2D eigenvalue weighted by molar-refractivity contribution is 0.0528. The molecule has 3 aromatic rings. The zero-order valence-corrected chi connectivity index (χ0v) is 13.4. The van der Waals surface area contributed by atoms with Crippen LogP contribution < -0.4 is 5.43 Å². The number of halogens is 1. The van der Waals surface area contributed by atoms with Crippen molar-refractivity contribution in [3.8, 4) is 0 Å². The second-order valence-electron chi connectivity index (χ2n) is 4.59. The van der Waals surface area contributed by atoms with E-state index in [9.17, 15) is 9.59 Å². The first-order valence-electron chi connectivity index (χ1n) is 6.53. The highest BCUT2D eigenvalue weighted by Crippen LogP contribution is 2.20. The van der Waals surface area contributed by atoms with Gasteiger partial charge in [-0.1, -0.05) is 6.07 Å². The summed E-state index contributed by atoms with van der Waals surface area (Å²) in [5, 5.41) is 1.12. The lowest BCUT2D eigenvalue weighted by Gasteiger charge is -2.08. The second-order valence-corrected chi connectivity index (χ2v) is 5.84. The van der Waals surface area contributed by atoms with Crippen LogP contribution in [0.4, 0.5) is 0 Å². The van der Waals surface area contributed by atoms with E-state index in [1.165, 1.54) is 0 Å². The van der Waals surface area contributed by atoms with Gasteiger partial charge in [0.1, 0.15) is 0 Å². The molecule has 0 aliphatic heterocycles. The van der Waals surface area contributed by atoms with Crippen LogP contribution in [0.1, 0.15) is 17.3 Å². The lowest BCUT2D eigenvalue weighted by atomic mass is 10.1. The summed E-state index contributed by atoms with van der Waals surface area (Å²) in [6.45, 7) is 2.05. The Balaban J connectivity index is 2.40. The van der Waals surface area contributed by atoms with E-state index >= 15 is 0 Å². The van der Waals surface area contributed by atoms with Crippen LogP contribution in [0.2, 0.25) is 0 Å². The molecule has 0 fully saturated rings. The van der Waals surface area contributed by atoms with Gasteiger partial charge in [-0.3, -0.25) is 4.79 Å². The van der Waals surface area contributed by atoms with Crippen molar-refractivity contribution < 1.29 is 9.53 Å². The number of hydrogen-bond acceptors (Lipinski definition) is 3. The Morgan fingerprint density at radius 2 is 2.05 bits per heavy atom. The van der Waals surface area contributed by atoms with Gasteiger partial charge in [-0.25, -0.2) is 4.79 Å². The number of ether oxygens (including phenoxy) is 1. The molecule has 0 atom stereocenters. The van der Waals surface area contributed by atoms with Gasteiger partial charge in [-0.15, -0.1) is 0 Å². The molecule has 5 heteroatoms. The minimum Gasteiger partial charge on any atom is -0.462 e. The number of H-pyrrole nitrogens is 1. The summed E-state index contributed by atoms with van der Waals surface area (Å²) < 4.78 is 6.04. The fourth-order valence-electron chi connectivity index (χ4n) is 2.35. The van der Waals surface area contributed by atoms with E-state index < -0.39 is 5.97 Å². The molecule has 3 rings (SSSR count). The highest BCUT2D eigenvalue weighted by Gasteiger charge is 2.14. The number of benzene rings is 2. The first kappa shape index (κ1) is 14.1. The molecule has 2 aromatic carbocycles. The zero-order valence-electron chi connectivity index (χ0n) is 11.3. The Morgan fingerprint density at radius 3 is 2.81 bits per heavy atom. The van der Waals surface area contributed by atoms with E-state index in [1.807, 2.05) is 18.2 Å². The molecule has 0 unspecified atom stereocenters. The van der Waals surface area contributed by atoms with E-state index in [0.717, 1.165) is 3.57 Å². The van der Waals surface area contributed by atoms with Crippen LogP contribution in [0.5, 0.6) is 0 Å². The third-order valence-corrected chi connectivity index (χ3v) is 3.96. The van der Waals surface area contributed by atoms with E-state index in [1.54, 1.807) is 25.1 Å². The second kappa shape index (κ2) is 5.48. The van der Waals surface area contributed by atoms with E-state index in [-0.39, 0.29) is 5.43 Å². The number of fused-ring (bicyclic) bond motifs is 2. The van der Waals surface area contributed by atoms with Crippen LogP contribution in [0.15, 0.2) is 41.2 Å². The van der Waals surface area contributed by atoms with Gasteiger partial charge in [-0.2, -0.15) is 0 Å². The molecule has 1 aromatic heterocycles. The number of nitrogens with one attached hydrogen (secondary N) is 1. The molecule has 4 nitrogen and oxygen atoms in total. The number of carbonyl (C=O) groups excluding carboxylic acids is 1. The Bertz CT molecular complexity index is 914. The number of esters is 1. The van der Waals surface area contributed by atoms with Crippen molar-refractivity contribution in [3.05, 3.63) is 55.8 Å². The van der Waals surface area contributed by atoms with Crippen molar-refractivity contribution in [3.63, 3.8) is 0 Å². The molecule has 1 N–H and O–H groups in total.